The fourth-order valence-corrected chi connectivity index (χ4v) is 1.90. The van der Waals surface area contributed by atoms with Gasteiger partial charge in [0.1, 0.15) is 0 Å². The molecule has 0 saturated carbocycles. The Kier molecular flexibility index (Phi) is 6.22. The Morgan fingerprint density at radius 1 is 0.636 bits per heavy atom. The highest BCUT2D eigenvalue weighted by Gasteiger charge is 2.68. The summed E-state index contributed by atoms with van der Waals surface area (Å²) in [6, 6.07) is 0. The second-order valence-corrected chi connectivity index (χ2v) is 5.21. The lowest BCUT2D eigenvalue weighted by Crippen LogP contribution is -2.53. The van der Waals surface area contributed by atoms with Crippen molar-refractivity contribution in [3.63, 3.8) is 0 Å². The number of hydrogen-bond acceptors (Lipinski definition) is 0. The third-order valence-corrected chi connectivity index (χ3v) is 3.56. The summed E-state index contributed by atoms with van der Waals surface area (Å²) in [6.07, 6.45) is -16.8. The first kappa shape index (κ1) is 21.3. The standard InChI is InChI=1S/C12H16F10/c1-3-9(15,11(17,18)19)6-4-5-7-10(16,8(2,13)14)12(20,21)22/h3-7H2,1-2H3/t9-,10?/m0/s1. The van der Waals surface area contributed by atoms with E-state index in [0.717, 1.165) is 6.92 Å². The molecule has 0 heterocycles. The highest BCUT2D eigenvalue weighted by atomic mass is 19.4. The molecule has 0 N–H and O–H groups in total. The first-order valence-electron chi connectivity index (χ1n) is 6.41. The summed E-state index contributed by atoms with van der Waals surface area (Å²) in [5.41, 5.74) is -8.48. The van der Waals surface area contributed by atoms with Crippen molar-refractivity contribution in [1.82, 2.24) is 0 Å². The first-order valence-corrected chi connectivity index (χ1v) is 6.41. The van der Waals surface area contributed by atoms with Crippen molar-refractivity contribution < 1.29 is 43.9 Å². The summed E-state index contributed by atoms with van der Waals surface area (Å²) in [5, 5.41) is 0. The first-order chi connectivity index (χ1) is 9.52. The summed E-state index contributed by atoms with van der Waals surface area (Å²) in [6.45, 7) is 0.630. The highest BCUT2D eigenvalue weighted by molar-refractivity contribution is 4.97. The van der Waals surface area contributed by atoms with E-state index < -0.39 is 61.7 Å². The van der Waals surface area contributed by atoms with Gasteiger partial charge >= 0.3 is 12.4 Å². The van der Waals surface area contributed by atoms with E-state index in [0.29, 0.717) is 0 Å². The van der Waals surface area contributed by atoms with Gasteiger partial charge in [0.25, 0.3) is 11.6 Å². The molecule has 0 aromatic heterocycles. The van der Waals surface area contributed by atoms with Crippen LogP contribution in [0.4, 0.5) is 43.9 Å². The molecule has 0 aliphatic rings. The normalized spacial score (nSPS) is 19.6. The molecular weight excluding hydrogens is 334 g/mol. The molecule has 0 nitrogen and oxygen atoms in total. The fraction of sp³-hybridized carbons (Fsp3) is 1.00. The molecular formula is C12H16F10. The lowest BCUT2D eigenvalue weighted by atomic mass is 9.88. The van der Waals surface area contributed by atoms with E-state index in [2.05, 4.69) is 0 Å². The predicted octanol–water partition coefficient (Wildman–Crippen LogP) is 6.15. The molecule has 134 valence electrons. The molecule has 0 amide bonds. The Morgan fingerprint density at radius 3 is 1.32 bits per heavy atom. The van der Waals surface area contributed by atoms with Gasteiger partial charge in [-0.25, -0.2) is 17.6 Å². The van der Waals surface area contributed by atoms with Crippen molar-refractivity contribution in [2.75, 3.05) is 0 Å². The maximum absolute atomic E-state index is 13.6. The molecule has 0 radical (unpaired) electrons. The summed E-state index contributed by atoms with van der Waals surface area (Å²) in [7, 11) is 0. The maximum atomic E-state index is 13.6. The zero-order valence-electron chi connectivity index (χ0n) is 11.8. The molecule has 0 fully saturated rings. The van der Waals surface area contributed by atoms with E-state index in [1.807, 2.05) is 0 Å². The minimum atomic E-state index is -5.88. The Hall–Kier alpha value is -0.700. The molecule has 0 saturated heterocycles. The molecule has 0 aromatic rings. The Balaban J connectivity index is 4.81. The molecule has 0 bridgehead atoms. The molecule has 0 rings (SSSR count). The molecule has 0 aliphatic carbocycles. The van der Waals surface area contributed by atoms with Crippen molar-refractivity contribution in [3.05, 3.63) is 0 Å². The second kappa shape index (κ2) is 6.43. The van der Waals surface area contributed by atoms with Crippen LogP contribution in [0.25, 0.3) is 0 Å². The molecule has 0 aromatic carbocycles. The number of halogens is 10. The highest BCUT2D eigenvalue weighted by Crippen LogP contribution is 2.48. The van der Waals surface area contributed by atoms with E-state index in [1.165, 1.54) is 0 Å². The van der Waals surface area contributed by atoms with Crippen LogP contribution in [0, 0.1) is 0 Å². The van der Waals surface area contributed by atoms with Crippen molar-refractivity contribution >= 4 is 0 Å². The topological polar surface area (TPSA) is 0 Å². The second-order valence-electron chi connectivity index (χ2n) is 5.21. The van der Waals surface area contributed by atoms with Gasteiger partial charge in [-0.2, -0.15) is 26.3 Å². The van der Waals surface area contributed by atoms with Crippen molar-refractivity contribution in [2.24, 2.45) is 0 Å². The van der Waals surface area contributed by atoms with Crippen molar-refractivity contribution in [3.8, 4) is 0 Å². The lowest BCUT2D eigenvalue weighted by molar-refractivity contribution is -0.300. The quantitative estimate of drug-likeness (QED) is 0.381. The van der Waals surface area contributed by atoms with Crippen LogP contribution in [0.15, 0.2) is 0 Å². The van der Waals surface area contributed by atoms with Crippen LogP contribution in [0.3, 0.4) is 0 Å². The van der Waals surface area contributed by atoms with Gasteiger partial charge in [0.05, 0.1) is 0 Å². The van der Waals surface area contributed by atoms with Gasteiger partial charge in [-0.1, -0.05) is 6.92 Å². The van der Waals surface area contributed by atoms with Gasteiger partial charge in [-0.3, -0.25) is 0 Å². The SMILES string of the molecule is CC[C@](F)(CCCCC(F)(C(C)(F)F)C(F)(F)F)C(F)(F)F. The van der Waals surface area contributed by atoms with Gasteiger partial charge in [0.15, 0.2) is 0 Å². The molecule has 0 aliphatic heterocycles. The Morgan fingerprint density at radius 2 is 1.05 bits per heavy atom. The van der Waals surface area contributed by atoms with Gasteiger partial charge in [-0.05, 0) is 32.1 Å². The molecule has 0 spiro atoms. The number of unbranched alkanes of at least 4 members (excludes halogenated alkanes) is 1. The third-order valence-electron chi connectivity index (χ3n) is 3.56. The molecule has 2 atom stereocenters. The van der Waals surface area contributed by atoms with Gasteiger partial charge in [-0.15, -0.1) is 0 Å². The minimum Gasteiger partial charge on any atom is -0.234 e. The predicted molar refractivity (Wildman–Crippen MR) is 59.2 cm³/mol. The van der Waals surface area contributed by atoms with Crippen LogP contribution >= 0.6 is 0 Å². The van der Waals surface area contributed by atoms with E-state index in [4.69, 9.17) is 0 Å². The van der Waals surface area contributed by atoms with Gasteiger partial charge in [0, 0.05) is 6.92 Å². The van der Waals surface area contributed by atoms with Crippen LogP contribution in [0.2, 0.25) is 0 Å². The van der Waals surface area contributed by atoms with Crippen LogP contribution in [-0.2, 0) is 0 Å². The minimum absolute atomic E-state index is 0.262. The maximum Gasteiger partial charge on any atom is 0.428 e. The van der Waals surface area contributed by atoms with E-state index in [-0.39, 0.29) is 6.92 Å². The lowest BCUT2D eigenvalue weighted by Gasteiger charge is -2.33. The Labute approximate surface area is 120 Å². The van der Waals surface area contributed by atoms with Crippen LogP contribution < -0.4 is 0 Å². The molecule has 22 heavy (non-hydrogen) atoms. The summed E-state index contributed by atoms with van der Waals surface area (Å²) >= 11 is 0. The Bertz CT molecular complexity index is 336. The van der Waals surface area contributed by atoms with E-state index in [9.17, 15) is 43.9 Å². The van der Waals surface area contributed by atoms with Gasteiger partial charge < -0.3 is 0 Å². The van der Waals surface area contributed by atoms with Crippen LogP contribution in [0.5, 0.6) is 0 Å². The zero-order chi connectivity index (χ0) is 18.0. The monoisotopic (exact) mass is 350 g/mol. The average Bonchev–Trinajstić information content (AvgIpc) is 2.29. The van der Waals surface area contributed by atoms with Crippen LogP contribution in [0.1, 0.15) is 46.0 Å². The largest absolute Gasteiger partial charge is 0.428 e. The molecule has 1 unspecified atom stereocenters. The van der Waals surface area contributed by atoms with E-state index in [1.54, 1.807) is 0 Å². The zero-order valence-corrected chi connectivity index (χ0v) is 11.8. The number of rotatable bonds is 7. The molecule has 10 heteroatoms. The number of alkyl halides is 10. The fourth-order valence-electron chi connectivity index (χ4n) is 1.90. The smallest absolute Gasteiger partial charge is 0.234 e. The van der Waals surface area contributed by atoms with Crippen LogP contribution in [-0.4, -0.2) is 29.6 Å². The third kappa shape index (κ3) is 4.41. The summed E-state index contributed by atoms with van der Waals surface area (Å²) in [4.78, 5) is 0. The summed E-state index contributed by atoms with van der Waals surface area (Å²) in [5.74, 6) is -4.76. The van der Waals surface area contributed by atoms with Gasteiger partial charge in [0.2, 0.25) is 5.67 Å². The van der Waals surface area contributed by atoms with Crippen molar-refractivity contribution in [2.45, 2.75) is 75.6 Å². The average molecular weight is 350 g/mol. The number of hydrogen-bond donors (Lipinski definition) is 0. The van der Waals surface area contributed by atoms with E-state index >= 15 is 0 Å². The van der Waals surface area contributed by atoms with Crippen molar-refractivity contribution in [1.29, 1.82) is 0 Å². The summed E-state index contributed by atoms with van der Waals surface area (Å²) < 4.78 is 127.